The number of thiophene rings is 1. The van der Waals surface area contributed by atoms with Gasteiger partial charge in [0.2, 0.25) is 0 Å². The van der Waals surface area contributed by atoms with Gasteiger partial charge in [-0.2, -0.15) is 0 Å². The Labute approximate surface area is 101 Å². The summed E-state index contributed by atoms with van der Waals surface area (Å²) in [5.74, 6) is 0.0926. The van der Waals surface area contributed by atoms with E-state index in [1.165, 1.54) is 30.6 Å². The molecule has 1 saturated carbocycles. The van der Waals surface area contributed by atoms with Gasteiger partial charge in [-0.05, 0) is 29.7 Å². The van der Waals surface area contributed by atoms with Crippen LogP contribution in [0.4, 0.5) is 0 Å². The molecule has 0 aromatic carbocycles. The third kappa shape index (κ3) is 2.46. The lowest BCUT2D eigenvalue weighted by atomic mass is 9.73. The molecule has 1 amide bonds. The number of amides is 1. The summed E-state index contributed by atoms with van der Waals surface area (Å²) in [7, 11) is 0. The molecule has 1 aromatic heterocycles. The molecule has 1 heterocycles. The summed E-state index contributed by atoms with van der Waals surface area (Å²) in [6.45, 7) is 4.51. The predicted molar refractivity (Wildman–Crippen MR) is 67.8 cm³/mol. The summed E-state index contributed by atoms with van der Waals surface area (Å²) in [6, 6.07) is 4.14. The first kappa shape index (κ1) is 11.6. The first-order valence-corrected chi connectivity index (χ1v) is 6.82. The van der Waals surface area contributed by atoms with Crippen LogP contribution in [0.25, 0.3) is 0 Å². The Bertz CT molecular complexity index is 356. The van der Waals surface area contributed by atoms with Crippen LogP contribution in [-0.4, -0.2) is 11.9 Å². The quantitative estimate of drug-likeness (QED) is 0.838. The summed E-state index contributed by atoms with van der Waals surface area (Å²) < 4.78 is 0. The summed E-state index contributed by atoms with van der Waals surface area (Å²) in [6.07, 6.45) is 4.85. The molecule has 0 spiro atoms. The minimum absolute atomic E-state index is 0.0926. The minimum atomic E-state index is 0.0926. The highest BCUT2D eigenvalue weighted by Gasteiger charge is 2.33. The standard InChI is InChI=1S/C13H19NOS/c1-13(2)8-4-3-7-11(13)14-12(15)10-6-5-9-16-10/h5-6,9,11H,3-4,7-8H2,1-2H3,(H,14,15). The molecule has 16 heavy (non-hydrogen) atoms. The fraction of sp³-hybridized carbons (Fsp3) is 0.615. The Morgan fingerprint density at radius 3 is 2.94 bits per heavy atom. The molecule has 1 atom stereocenters. The summed E-state index contributed by atoms with van der Waals surface area (Å²) in [5.41, 5.74) is 0.241. The van der Waals surface area contributed by atoms with E-state index in [-0.39, 0.29) is 11.3 Å². The Hall–Kier alpha value is -0.830. The van der Waals surface area contributed by atoms with E-state index in [2.05, 4.69) is 19.2 Å². The van der Waals surface area contributed by atoms with Gasteiger partial charge in [-0.1, -0.05) is 32.8 Å². The molecular weight excluding hydrogens is 218 g/mol. The smallest absolute Gasteiger partial charge is 0.261 e. The third-order valence-corrected chi connectivity index (χ3v) is 4.43. The average molecular weight is 237 g/mol. The summed E-state index contributed by atoms with van der Waals surface area (Å²) in [5, 5.41) is 5.13. The van der Waals surface area contributed by atoms with Gasteiger partial charge in [0.1, 0.15) is 0 Å². The van der Waals surface area contributed by atoms with E-state index in [0.717, 1.165) is 11.3 Å². The molecule has 1 aromatic rings. The van der Waals surface area contributed by atoms with Gasteiger partial charge in [-0.3, -0.25) is 4.79 Å². The van der Waals surface area contributed by atoms with Crippen molar-refractivity contribution < 1.29 is 4.79 Å². The van der Waals surface area contributed by atoms with Gasteiger partial charge in [0.25, 0.3) is 5.91 Å². The molecule has 1 fully saturated rings. The number of nitrogens with one attached hydrogen (secondary N) is 1. The number of hydrogen-bond acceptors (Lipinski definition) is 2. The van der Waals surface area contributed by atoms with Gasteiger partial charge < -0.3 is 5.32 Å². The second kappa shape index (κ2) is 4.58. The Morgan fingerprint density at radius 2 is 2.31 bits per heavy atom. The van der Waals surface area contributed by atoms with Crippen LogP contribution in [0.15, 0.2) is 17.5 Å². The molecule has 2 nitrogen and oxygen atoms in total. The average Bonchev–Trinajstić information content (AvgIpc) is 2.74. The van der Waals surface area contributed by atoms with Crippen LogP contribution in [0, 0.1) is 5.41 Å². The molecule has 0 bridgehead atoms. The van der Waals surface area contributed by atoms with Crippen molar-refractivity contribution in [1.29, 1.82) is 0 Å². The van der Waals surface area contributed by atoms with Crippen LogP contribution in [0.2, 0.25) is 0 Å². The van der Waals surface area contributed by atoms with E-state index in [9.17, 15) is 4.79 Å². The zero-order chi connectivity index (χ0) is 11.6. The Morgan fingerprint density at radius 1 is 1.50 bits per heavy atom. The second-order valence-corrected chi connectivity index (χ2v) is 6.19. The number of rotatable bonds is 2. The van der Waals surface area contributed by atoms with Crippen LogP contribution in [0.5, 0.6) is 0 Å². The first-order chi connectivity index (χ1) is 7.59. The van der Waals surface area contributed by atoms with Crippen molar-refractivity contribution in [2.75, 3.05) is 0 Å². The lowest BCUT2D eigenvalue weighted by Gasteiger charge is -2.38. The van der Waals surface area contributed by atoms with E-state index in [0.29, 0.717) is 6.04 Å². The van der Waals surface area contributed by atoms with Gasteiger partial charge >= 0.3 is 0 Å². The van der Waals surface area contributed by atoms with Crippen LogP contribution in [0.3, 0.4) is 0 Å². The van der Waals surface area contributed by atoms with Crippen LogP contribution in [0.1, 0.15) is 49.2 Å². The minimum Gasteiger partial charge on any atom is -0.348 e. The van der Waals surface area contributed by atoms with Crippen LogP contribution in [-0.2, 0) is 0 Å². The van der Waals surface area contributed by atoms with Gasteiger partial charge in [-0.25, -0.2) is 0 Å². The zero-order valence-corrected chi connectivity index (χ0v) is 10.8. The van der Waals surface area contributed by atoms with E-state index in [4.69, 9.17) is 0 Å². The molecule has 0 aliphatic heterocycles. The Kier molecular flexibility index (Phi) is 3.33. The SMILES string of the molecule is CC1(C)CCCCC1NC(=O)c1cccs1. The normalized spacial score (nSPS) is 24.0. The Balaban J connectivity index is 2.01. The van der Waals surface area contributed by atoms with Gasteiger partial charge in [0.05, 0.1) is 4.88 Å². The molecule has 2 rings (SSSR count). The number of carbonyl (C=O) groups is 1. The zero-order valence-electron chi connectivity index (χ0n) is 9.95. The van der Waals surface area contributed by atoms with E-state index < -0.39 is 0 Å². The van der Waals surface area contributed by atoms with Gasteiger partial charge in [-0.15, -0.1) is 11.3 Å². The highest BCUT2D eigenvalue weighted by molar-refractivity contribution is 7.12. The fourth-order valence-corrected chi connectivity index (χ4v) is 3.03. The van der Waals surface area contributed by atoms with Crippen molar-refractivity contribution in [1.82, 2.24) is 5.32 Å². The lowest BCUT2D eigenvalue weighted by molar-refractivity contribution is 0.0857. The molecule has 1 aliphatic rings. The predicted octanol–water partition coefficient (Wildman–Crippen LogP) is 3.45. The first-order valence-electron chi connectivity index (χ1n) is 5.94. The van der Waals surface area contributed by atoms with Gasteiger partial charge in [0.15, 0.2) is 0 Å². The molecule has 3 heteroatoms. The van der Waals surface area contributed by atoms with Crippen molar-refractivity contribution in [3.63, 3.8) is 0 Å². The highest BCUT2D eigenvalue weighted by atomic mass is 32.1. The summed E-state index contributed by atoms with van der Waals surface area (Å²) in [4.78, 5) is 12.8. The number of hydrogen-bond donors (Lipinski definition) is 1. The second-order valence-electron chi connectivity index (χ2n) is 5.24. The van der Waals surface area contributed by atoms with Crippen molar-refractivity contribution in [2.24, 2.45) is 5.41 Å². The van der Waals surface area contributed by atoms with Crippen molar-refractivity contribution >= 4 is 17.2 Å². The monoisotopic (exact) mass is 237 g/mol. The van der Waals surface area contributed by atoms with Crippen LogP contribution >= 0.6 is 11.3 Å². The summed E-state index contributed by atoms with van der Waals surface area (Å²) >= 11 is 1.51. The fourth-order valence-electron chi connectivity index (χ4n) is 2.40. The van der Waals surface area contributed by atoms with Crippen LogP contribution < -0.4 is 5.32 Å². The number of carbonyl (C=O) groups excluding carboxylic acids is 1. The molecular formula is C13H19NOS. The third-order valence-electron chi connectivity index (χ3n) is 3.56. The highest BCUT2D eigenvalue weighted by Crippen LogP contribution is 2.35. The van der Waals surface area contributed by atoms with Crippen molar-refractivity contribution in [3.8, 4) is 0 Å². The lowest BCUT2D eigenvalue weighted by Crippen LogP contribution is -2.46. The molecule has 1 unspecified atom stereocenters. The van der Waals surface area contributed by atoms with Crippen molar-refractivity contribution in [2.45, 2.75) is 45.6 Å². The van der Waals surface area contributed by atoms with E-state index >= 15 is 0 Å². The molecule has 88 valence electrons. The maximum Gasteiger partial charge on any atom is 0.261 e. The topological polar surface area (TPSA) is 29.1 Å². The maximum atomic E-state index is 12.0. The molecule has 0 radical (unpaired) electrons. The maximum absolute atomic E-state index is 12.0. The van der Waals surface area contributed by atoms with Gasteiger partial charge in [0, 0.05) is 6.04 Å². The van der Waals surface area contributed by atoms with Crippen molar-refractivity contribution in [3.05, 3.63) is 22.4 Å². The molecule has 1 N–H and O–H groups in total. The van der Waals surface area contributed by atoms with E-state index in [1.54, 1.807) is 0 Å². The molecule has 1 aliphatic carbocycles. The van der Waals surface area contributed by atoms with E-state index in [1.807, 2.05) is 17.5 Å². The molecule has 0 saturated heterocycles. The largest absolute Gasteiger partial charge is 0.348 e.